The molecular weight excluding hydrogens is 733 g/mol. The second-order valence-corrected chi connectivity index (χ2v) is 16.3. The topological polar surface area (TPSA) is 25.8 Å². The molecule has 2 heterocycles. The number of rotatable bonds is 5. The molecule has 0 bridgehead atoms. The predicted molar refractivity (Wildman–Crippen MR) is 252 cm³/mol. The predicted octanol–water partition coefficient (Wildman–Crippen LogP) is 15.8. The maximum absolute atomic E-state index is 5.24. The minimum absolute atomic E-state index is 0.867. The van der Waals surface area contributed by atoms with Crippen molar-refractivity contribution in [2.45, 2.75) is 0 Å². The Morgan fingerprint density at radius 2 is 0.797 bits per heavy atom. The van der Waals surface area contributed by atoms with Crippen molar-refractivity contribution in [3.63, 3.8) is 0 Å². The van der Waals surface area contributed by atoms with Gasteiger partial charge in [-0.05, 0) is 78.2 Å². The van der Waals surface area contributed by atoms with Gasteiger partial charge >= 0.3 is 0 Å². The lowest BCUT2D eigenvalue weighted by Crippen LogP contribution is -1.92. The minimum atomic E-state index is 0.867. The number of hydrogen-bond acceptors (Lipinski definition) is 3. The number of thiophene rings is 1. The zero-order chi connectivity index (χ0) is 38.9. The summed E-state index contributed by atoms with van der Waals surface area (Å²) in [7, 11) is 0. The largest absolute Gasteiger partial charge is 0.252 e. The zero-order valence-corrected chi connectivity index (χ0v) is 32.7. The lowest BCUT2D eigenvalue weighted by atomic mass is 9.91. The van der Waals surface area contributed by atoms with Crippen LogP contribution in [-0.2, 0) is 0 Å². The standard InChI is InChI=1S/C56H34N2S/c1-2-14-45-42(37-27-29-38(30-28-37)43-20-10-21-51-48-17-7-8-22-53(48)59-56(43)51)32-31-41(44(45)13-1)36-25-23-35(24-26-36)39-11-9-12-40(33-39)52-34-57-54-49-18-5-3-15-46(49)47-16-4-6-19-50(47)55(54)58-52/h1-34H. The van der Waals surface area contributed by atoms with E-state index >= 15 is 0 Å². The molecule has 10 aromatic carbocycles. The van der Waals surface area contributed by atoms with Gasteiger partial charge in [0.2, 0.25) is 0 Å². The van der Waals surface area contributed by atoms with Gasteiger partial charge in [0.25, 0.3) is 0 Å². The van der Waals surface area contributed by atoms with Gasteiger partial charge in [0.15, 0.2) is 0 Å². The van der Waals surface area contributed by atoms with Gasteiger partial charge in [0.05, 0.1) is 22.9 Å². The van der Waals surface area contributed by atoms with Crippen molar-refractivity contribution in [3.8, 4) is 55.8 Å². The van der Waals surface area contributed by atoms with Crippen LogP contribution in [0.5, 0.6) is 0 Å². The molecule has 0 aliphatic carbocycles. The van der Waals surface area contributed by atoms with E-state index in [0.29, 0.717) is 0 Å². The maximum atomic E-state index is 5.24. The monoisotopic (exact) mass is 766 g/mol. The molecule has 0 fully saturated rings. The second kappa shape index (κ2) is 13.6. The number of benzene rings is 10. The van der Waals surface area contributed by atoms with Crippen molar-refractivity contribution in [3.05, 3.63) is 206 Å². The molecule has 0 saturated heterocycles. The van der Waals surface area contributed by atoms with Gasteiger partial charge in [0, 0.05) is 36.5 Å². The minimum Gasteiger partial charge on any atom is -0.252 e. The Hall–Kier alpha value is -7.46. The number of hydrogen-bond donors (Lipinski definition) is 0. The molecule has 274 valence electrons. The average molecular weight is 767 g/mol. The molecule has 59 heavy (non-hydrogen) atoms. The molecule has 0 N–H and O–H groups in total. The van der Waals surface area contributed by atoms with Gasteiger partial charge in [-0.2, -0.15) is 0 Å². The average Bonchev–Trinajstić information content (AvgIpc) is 3.70. The van der Waals surface area contributed by atoms with Crippen LogP contribution in [0.2, 0.25) is 0 Å². The first kappa shape index (κ1) is 33.7. The summed E-state index contributed by atoms with van der Waals surface area (Å²) in [5.41, 5.74) is 13.5. The van der Waals surface area contributed by atoms with E-state index in [1.54, 1.807) is 0 Å². The van der Waals surface area contributed by atoms with Crippen molar-refractivity contribution < 1.29 is 0 Å². The van der Waals surface area contributed by atoms with E-state index in [-0.39, 0.29) is 0 Å². The van der Waals surface area contributed by atoms with E-state index in [1.165, 1.54) is 75.1 Å². The summed E-state index contributed by atoms with van der Waals surface area (Å²) in [6.45, 7) is 0. The highest BCUT2D eigenvalue weighted by molar-refractivity contribution is 7.26. The Morgan fingerprint density at radius 1 is 0.305 bits per heavy atom. The van der Waals surface area contributed by atoms with Crippen LogP contribution in [0.3, 0.4) is 0 Å². The normalized spacial score (nSPS) is 11.7. The van der Waals surface area contributed by atoms with Gasteiger partial charge < -0.3 is 0 Å². The van der Waals surface area contributed by atoms with Crippen LogP contribution in [0.15, 0.2) is 206 Å². The summed E-state index contributed by atoms with van der Waals surface area (Å²) >= 11 is 1.88. The van der Waals surface area contributed by atoms with Crippen molar-refractivity contribution in [2.24, 2.45) is 0 Å². The molecule has 0 spiro atoms. The number of aromatic nitrogens is 2. The Kier molecular flexibility index (Phi) is 7.75. The van der Waals surface area contributed by atoms with E-state index in [4.69, 9.17) is 9.97 Å². The van der Waals surface area contributed by atoms with Crippen LogP contribution in [0.4, 0.5) is 0 Å². The van der Waals surface area contributed by atoms with Gasteiger partial charge in [0.1, 0.15) is 0 Å². The Morgan fingerprint density at radius 3 is 1.46 bits per heavy atom. The maximum Gasteiger partial charge on any atom is 0.0979 e. The molecule has 3 heteroatoms. The van der Waals surface area contributed by atoms with E-state index in [1.807, 2.05) is 17.5 Å². The smallest absolute Gasteiger partial charge is 0.0979 e. The van der Waals surface area contributed by atoms with Crippen LogP contribution in [0.1, 0.15) is 0 Å². The summed E-state index contributed by atoms with van der Waals surface area (Å²) in [5.74, 6) is 0. The molecule has 0 amide bonds. The summed E-state index contributed by atoms with van der Waals surface area (Å²) in [5, 5.41) is 9.80. The molecule has 0 unspecified atom stereocenters. The lowest BCUT2D eigenvalue weighted by molar-refractivity contribution is 1.31. The van der Waals surface area contributed by atoms with Gasteiger partial charge in [-0.3, -0.25) is 4.98 Å². The first-order valence-electron chi connectivity index (χ1n) is 20.1. The Labute approximate surface area is 345 Å². The molecule has 0 saturated carbocycles. The fourth-order valence-corrected chi connectivity index (χ4v) is 10.3. The van der Waals surface area contributed by atoms with Gasteiger partial charge in [-0.1, -0.05) is 188 Å². The third kappa shape index (κ3) is 5.55. The number of fused-ring (bicyclic) bond motifs is 10. The molecule has 2 nitrogen and oxygen atoms in total. The summed E-state index contributed by atoms with van der Waals surface area (Å²) in [6.07, 6.45) is 1.92. The quantitative estimate of drug-likeness (QED) is 0.163. The molecular formula is C56H34N2S. The molecule has 0 radical (unpaired) electrons. The van der Waals surface area contributed by atoms with Crippen LogP contribution in [0.25, 0.3) is 119 Å². The van der Waals surface area contributed by atoms with E-state index in [2.05, 4.69) is 200 Å². The Bertz CT molecular complexity index is 3560. The van der Waals surface area contributed by atoms with Crippen molar-refractivity contribution >= 4 is 74.9 Å². The van der Waals surface area contributed by atoms with Gasteiger partial charge in [-0.15, -0.1) is 11.3 Å². The molecule has 0 aliphatic heterocycles. The summed E-state index contributed by atoms with van der Waals surface area (Å²) < 4.78 is 2.68. The Balaban J connectivity index is 0.862. The van der Waals surface area contributed by atoms with Crippen molar-refractivity contribution in [2.75, 3.05) is 0 Å². The van der Waals surface area contributed by atoms with Crippen molar-refractivity contribution in [1.29, 1.82) is 0 Å². The van der Waals surface area contributed by atoms with Crippen LogP contribution in [0, 0.1) is 0 Å². The zero-order valence-electron chi connectivity index (χ0n) is 31.9. The SMILES string of the molecule is c1cc(-c2ccc(-c3ccc(-c4ccc(-c5cccc6c5sc5ccccc56)cc4)c4ccccc34)cc2)cc(-c2cnc3c4ccccc4c4ccccc4c3n2)c1. The molecule has 2 aromatic heterocycles. The first-order valence-corrected chi connectivity index (χ1v) is 20.9. The number of nitrogens with zero attached hydrogens (tertiary/aromatic N) is 2. The molecule has 12 rings (SSSR count). The van der Waals surface area contributed by atoms with E-state index in [0.717, 1.165) is 44.2 Å². The second-order valence-electron chi connectivity index (χ2n) is 15.3. The summed E-state index contributed by atoms with van der Waals surface area (Å²) in [4.78, 5) is 10.2. The van der Waals surface area contributed by atoms with Gasteiger partial charge in [-0.25, -0.2) is 4.98 Å². The third-order valence-electron chi connectivity index (χ3n) is 11.9. The van der Waals surface area contributed by atoms with Crippen LogP contribution in [-0.4, -0.2) is 9.97 Å². The fraction of sp³-hybridized carbons (Fsp3) is 0. The molecule has 12 aromatic rings. The highest BCUT2D eigenvalue weighted by atomic mass is 32.1. The highest BCUT2D eigenvalue weighted by Crippen LogP contribution is 2.42. The highest BCUT2D eigenvalue weighted by Gasteiger charge is 2.15. The van der Waals surface area contributed by atoms with Crippen molar-refractivity contribution in [1.82, 2.24) is 9.97 Å². The molecule has 0 atom stereocenters. The third-order valence-corrected chi connectivity index (χ3v) is 13.2. The molecule has 0 aliphatic rings. The fourth-order valence-electron chi connectivity index (χ4n) is 9.07. The van der Waals surface area contributed by atoms with E-state index < -0.39 is 0 Å². The van der Waals surface area contributed by atoms with Crippen LogP contribution >= 0.6 is 11.3 Å². The van der Waals surface area contributed by atoms with E-state index in [9.17, 15) is 0 Å². The van der Waals surface area contributed by atoms with Crippen LogP contribution < -0.4 is 0 Å². The lowest BCUT2D eigenvalue weighted by Gasteiger charge is -2.14. The first-order chi connectivity index (χ1) is 29.2. The summed E-state index contributed by atoms with van der Waals surface area (Å²) in [6, 6.07) is 72.5.